The summed E-state index contributed by atoms with van der Waals surface area (Å²) in [6.07, 6.45) is 0.930. The molecule has 1 aromatic rings. The fourth-order valence-electron chi connectivity index (χ4n) is 3.09. The number of ether oxygens (including phenoxy) is 1. The van der Waals surface area contributed by atoms with Crippen molar-refractivity contribution in [2.24, 2.45) is 0 Å². The molecule has 1 aromatic carbocycles. The lowest BCUT2D eigenvalue weighted by molar-refractivity contribution is -0.127. The SMILES string of the molecule is CC(C)(C)NC(=O)[C@@H]1CCC(c2ccccc2)N1C(=O)OC(C)(C)C. The Bertz CT molecular complexity index is 614. The summed E-state index contributed by atoms with van der Waals surface area (Å²) in [5.41, 5.74) is 0.0763. The van der Waals surface area contributed by atoms with Gasteiger partial charge < -0.3 is 10.1 Å². The molecular formula is C20H30N2O3. The van der Waals surface area contributed by atoms with E-state index in [0.717, 1.165) is 12.0 Å². The summed E-state index contributed by atoms with van der Waals surface area (Å²) in [5.74, 6) is -0.128. The van der Waals surface area contributed by atoms with Crippen molar-refractivity contribution in [3.05, 3.63) is 35.9 Å². The molecule has 2 rings (SSSR count). The zero-order chi connectivity index (χ0) is 18.8. The minimum atomic E-state index is -0.605. The molecule has 2 atom stereocenters. The summed E-state index contributed by atoms with van der Waals surface area (Å²) in [6.45, 7) is 11.3. The van der Waals surface area contributed by atoms with Crippen LogP contribution in [0.25, 0.3) is 0 Å². The van der Waals surface area contributed by atoms with Crippen LogP contribution in [-0.4, -0.2) is 34.1 Å². The fourth-order valence-corrected chi connectivity index (χ4v) is 3.09. The number of amides is 2. The molecule has 1 heterocycles. The van der Waals surface area contributed by atoms with Crippen molar-refractivity contribution in [1.82, 2.24) is 10.2 Å². The highest BCUT2D eigenvalue weighted by Gasteiger charge is 2.44. The van der Waals surface area contributed by atoms with Gasteiger partial charge in [-0.3, -0.25) is 9.69 Å². The van der Waals surface area contributed by atoms with Crippen molar-refractivity contribution in [3.8, 4) is 0 Å². The third kappa shape index (κ3) is 5.21. The van der Waals surface area contributed by atoms with Gasteiger partial charge in [0.15, 0.2) is 0 Å². The Balaban J connectivity index is 2.30. The highest BCUT2D eigenvalue weighted by atomic mass is 16.6. The van der Waals surface area contributed by atoms with Crippen LogP contribution >= 0.6 is 0 Å². The van der Waals surface area contributed by atoms with Crippen LogP contribution in [-0.2, 0) is 9.53 Å². The van der Waals surface area contributed by atoms with Crippen molar-refractivity contribution < 1.29 is 14.3 Å². The van der Waals surface area contributed by atoms with Gasteiger partial charge in [0.2, 0.25) is 5.91 Å². The van der Waals surface area contributed by atoms with Gasteiger partial charge in [0, 0.05) is 5.54 Å². The van der Waals surface area contributed by atoms with Crippen LogP contribution in [0.5, 0.6) is 0 Å². The Labute approximate surface area is 150 Å². The highest BCUT2D eigenvalue weighted by molar-refractivity contribution is 5.87. The third-order valence-corrected chi connectivity index (χ3v) is 3.97. The molecule has 0 bridgehead atoms. The van der Waals surface area contributed by atoms with E-state index in [0.29, 0.717) is 6.42 Å². The van der Waals surface area contributed by atoms with E-state index < -0.39 is 17.7 Å². The van der Waals surface area contributed by atoms with E-state index in [4.69, 9.17) is 4.74 Å². The van der Waals surface area contributed by atoms with E-state index in [2.05, 4.69) is 5.32 Å². The van der Waals surface area contributed by atoms with Crippen molar-refractivity contribution in [1.29, 1.82) is 0 Å². The molecule has 25 heavy (non-hydrogen) atoms. The average Bonchev–Trinajstić information content (AvgIpc) is 2.89. The molecule has 0 spiro atoms. The monoisotopic (exact) mass is 346 g/mol. The van der Waals surface area contributed by atoms with Gasteiger partial charge in [0.05, 0.1) is 6.04 Å². The first-order valence-corrected chi connectivity index (χ1v) is 8.86. The van der Waals surface area contributed by atoms with Crippen molar-refractivity contribution in [3.63, 3.8) is 0 Å². The van der Waals surface area contributed by atoms with E-state index in [9.17, 15) is 9.59 Å². The van der Waals surface area contributed by atoms with Crippen LogP contribution in [0.3, 0.4) is 0 Å². The second-order valence-corrected chi connectivity index (χ2v) is 8.65. The quantitative estimate of drug-likeness (QED) is 0.879. The third-order valence-electron chi connectivity index (χ3n) is 3.97. The normalized spacial score (nSPS) is 21.1. The number of rotatable bonds is 2. The number of likely N-dealkylation sites (tertiary alicyclic amines) is 1. The molecule has 1 aliphatic rings. The van der Waals surface area contributed by atoms with Crippen LogP contribution in [0.1, 0.15) is 66.0 Å². The molecule has 5 heteroatoms. The molecule has 5 nitrogen and oxygen atoms in total. The maximum absolute atomic E-state index is 12.8. The van der Waals surface area contributed by atoms with Gasteiger partial charge in [-0.25, -0.2) is 4.79 Å². The lowest BCUT2D eigenvalue weighted by Gasteiger charge is -2.33. The largest absolute Gasteiger partial charge is 0.444 e. The summed E-state index contributed by atoms with van der Waals surface area (Å²) in [6, 6.07) is 9.17. The zero-order valence-corrected chi connectivity index (χ0v) is 16.1. The zero-order valence-electron chi connectivity index (χ0n) is 16.1. The van der Waals surface area contributed by atoms with E-state index in [1.54, 1.807) is 4.90 Å². The van der Waals surface area contributed by atoms with Gasteiger partial charge >= 0.3 is 6.09 Å². The standard InChI is InChI=1S/C20H30N2O3/c1-19(2,3)21-17(23)16-13-12-15(14-10-8-7-9-11-14)22(16)18(24)25-20(4,5)6/h7-11,15-16H,12-13H2,1-6H3,(H,21,23)/t15?,16-/m0/s1. The molecule has 0 saturated carbocycles. The summed E-state index contributed by atoms with van der Waals surface area (Å²) < 4.78 is 5.59. The molecule has 0 radical (unpaired) electrons. The van der Waals surface area contributed by atoms with Gasteiger partial charge in [-0.2, -0.15) is 0 Å². The number of nitrogens with one attached hydrogen (secondary N) is 1. The van der Waals surface area contributed by atoms with E-state index in [1.165, 1.54) is 0 Å². The van der Waals surface area contributed by atoms with E-state index >= 15 is 0 Å². The van der Waals surface area contributed by atoms with Crippen molar-refractivity contribution in [2.75, 3.05) is 0 Å². The highest BCUT2D eigenvalue weighted by Crippen LogP contribution is 2.37. The number of hydrogen-bond donors (Lipinski definition) is 1. The predicted molar refractivity (Wildman–Crippen MR) is 98.2 cm³/mol. The number of nitrogens with zero attached hydrogens (tertiary/aromatic N) is 1. The Kier molecular flexibility index (Phi) is 5.45. The molecule has 1 fully saturated rings. The second kappa shape index (κ2) is 7.06. The lowest BCUT2D eigenvalue weighted by atomic mass is 10.0. The van der Waals surface area contributed by atoms with Crippen molar-refractivity contribution in [2.45, 2.75) is 77.6 Å². The van der Waals surface area contributed by atoms with E-state index in [-0.39, 0.29) is 17.5 Å². The molecule has 138 valence electrons. The number of carbonyl (C=O) groups is 2. The number of benzene rings is 1. The molecule has 1 N–H and O–H groups in total. The van der Waals surface area contributed by atoms with Gasteiger partial charge in [0.25, 0.3) is 0 Å². The van der Waals surface area contributed by atoms with Crippen LogP contribution in [0.2, 0.25) is 0 Å². The Hall–Kier alpha value is -2.04. The predicted octanol–water partition coefficient (Wildman–Crippen LogP) is 4.04. The lowest BCUT2D eigenvalue weighted by Crippen LogP contribution is -2.52. The Morgan fingerprint density at radius 1 is 1.04 bits per heavy atom. The number of carbonyl (C=O) groups excluding carboxylic acids is 2. The summed E-state index contributed by atoms with van der Waals surface area (Å²) in [7, 11) is 0. The summed E-state index contributed by atoms with van der Waals surface area (Å²) >= 11 is 0. The molecule has 2 amide bonds. The molecule has 1 unspecified atom stereocenters. The maximum Gasteiger partial charge on any atom is 0.411 e. The van der Waals surface area contributed by atoms with Crippen LogP contribution < -0.4 is 5.32 Å². The Morgan fingerprint density at radius 2 is 1.64 bits per heavy atom. The fraction of sp³-hybridized carbons (Fsp3) is 0.600. The average molecular weight is 346 g/mol. The van der Waals surface area contributed by atoms with Gasteiger partial charge in [-0.05, 0) is 59.9 Å². The summed E-state index contributed by atoms with van der Waals surface area (Å²) in [4.78, 5) is 27.2. The first-order chi connectivity index (χ1) is 11.5. The van der Waals surface area contributed by atoms with Gasteiger partial charge in [-0.15, -0.1) is 0 Å². The van der Waals surface area contributed by atoms with Crippen LogP contribution in [0.4, 0.5) is 4.79 Å². The topological polar surface area (TPSA) is 58.6 Å². The minimum absolute atomic E-state index is 0.128. The second-order valence-electron chi connectivity index (χ2n) is 8.65. The molecule has 0 aliphatic carbocycles. The maximum atomic E-state index is 12.8. The Morgan fingerprint density at radius 3 is 2.16 bits per heavy atom. The van der Waals surface area contributed by atoms with Crippen LogP contribution in [0.15, 0.2) is 30.3 Å². The van der Waals surface area contributed by atoms with Gasteiger partial charge in [0.1, 0.15) is 11.6 Å². The van der Waals surface area contributed by atoms with Crippen LogP contribution in [0, 0.1) is 0 Å². The molecule has 0 aromatic heterocycles. The molecule has 1 aliphatic heterocycles. The van der Waals surface area contributed by atoms with E-state index in [1.807, 2.05) is 71.9 Å². The summed E-state index contributed by atoms with van der Waals surface area (Å²) in [5, 5.41) is 2.99. The smallest absolute Gasteiger partial charge is 0.411 e. The van der Waals surface area contributed by atoms with Crippen molar-refractivity contribution >= 4 is 12.0 Å². The minimum Gasteiger partial charge on any atom is -0.444 e. The molecule has 1 saturated heterocycles. The number of hydrogen-bond acceptors (Lipinski definition) is 3. The first kappa shape index (κ1) is 19.3. The van der Waals surface area contributed by atoms with Gasteiger partial charge in [-0.1, -0.05) is 30.3 Å². The first-order valence-electron chi connectivity index (χ1n) is 8.86. The molecular weight excluding hydrogens is 316 g/mol.